The molecule has 4 rings (SSSR count). The Morgan fingerprint density at radius 1 is 1.26 bits per heavy atom. The third-order valence-electron chi connectivity index (χ3n) is 7.91. The zero-order valence-corrected chi connectivity index (χ0v) is 19.7. The van der Waals surface area contributed by atoms with Crippen LogP contribution in [0.4, 0.5) is 5.13 Å². The van der Waals surface area contributed by atoms with Crippen LogP contribution in [0.1, 0.15) is 76.3 Å². The topological polar surface area (TPSA) is 112 Å². The Labute approximate surface area is 188 Å². The molecule has 172 valence electrons. The second-order valence-electron chi connectivity index (χ2n) is 10.6. The van der Waals surface area contributed by atoms with Gasteiger partial charge in [0.2, 0.25) is 11.8 Å². The summed E-state index contributed by atoms with van der Waals surface area (Å²) in [6, 6.07) is 0.0545. The van der Waals surface area contributed by atoms with Crippen molar-refractivity contribution < 1.29 is 19.8 Å². The number of hydrogen-bond donors (Lipinski definition) is 4. The molecule has 0 radical (unpaired) electrons. The molecule has 0 aliphatic heterocycles. The highest BCUT2D eigenvalue weighted by Crippen LogP contribution is 2.62. The lowest BCUT2D eigenvalue weighted by atomic mass is 9.47. The normalized spacial score (nSPS) is 34.7. The van der Waals surface area contributed by atoms with Crippen LogP contribution in [0.2, 0.25) is 0 Å². The van der Waals surface area contributed by atoms with Gasteiger partial charge in [-0.3, -0.25) is 9.59 Å². The number of aliphatic hydroxyl groups is 2. The van der Waals surface area contributed by atoms with Crippen LogP contribution < -0.4 is 10.6 Å². The minimum atomic E-state index is -0.640. The van der Waals surface area contributed by atoms with E-state index in [0.29, 0.717) is 24.4 Å². The number of aromatic nitrogens is 1. The summed E-state index contributed by atoms with van der Waals surface area (Å²) in [7, 11) is 0. The molecule has 3 aliphatic rings. The molecule has 8 heteroatoms. The Hall–Kier alpha value is -1.51. The van der Waals surface area contributed by atoms with E-state index >= 15 is 0 Å². The van der Waals surface area contributed by atoms with Crippen LogP contribution in [0.15, 0.2) is 0 Å². The standard InChI is InChI=1S/C23H35N3O4S/c1-12(2)24-18(29)9-14-19-15(31-21(25-19)26-20(30)13-5-6-13)10-16-22(14,3)8-7-17(28)23(16,4)11-27/h12-14,16-17,27-28H,5-11H2,1-4H3,(H,24,29)(H,25,26,30). The number of carbonyl (C=O) groups excluding carboxylic acids is 2. The number of thiazole rings is 1. The number of fused-ring (bicyclic) bond motifs is 2. The lowest BCUT2D eigenvalue weighted by molar-refractivity contribution is -0.144. The minimum Gasteiger partial charge on any atom is -0.396 e. The maximum Gasteiger partial charge on any atom is 0.229 e. The number of aliphatic hydroxyl groups excluding tert-OH is 2. The van der Waals surface area contributed by atoms with Crippen molar-refractivity contribution in [3.8, 4) is 0 Å². The van der Waals surface area contributed by atoms with Gasteiger partial charge < -0.3 is 20.8 Å². The molecule has 2 saturated carbocycles. The Balaban J connectivity index is 1.72. The number of anilines is 1. The highest BCUT2D eigenvalue weighted by atomic mass is 32.1. The Bertz CT molecular complexity index is 867. The second-order valence-corrected chi connectivity index (χ2v) is 11.6. The average Bonchev–Trinajstić information content (AvgIpc) is 3.47. The van der Waals surface area contributed by atoms with E-state index in [1.165, 1.54) is 11.3 Å². The summed E-state index contributed by atoms with van der Waals surface area (Å²) < 4.78 is 0. The lowest BCUT2D eigenvalue weighted by Gasteiger charge is -2.58. The summed E-state index contributed by atoms with van der Waals surface area (Å²) in [5, 5.41) is 27.7. The van der Waals surface area contributed by atoms with Crippen molar-refractivity contribution in [2.24, 2.45) is 22.7 Å². The van der Waals surface area contributed by atoms with E-state index in [4.69, 9.17) is 4.98 Å². The highest BCUT2D eigenvalue weighted by Gasteiger charge is 2.59. The highest BCUT2D eigenvalue weighted by molar-refractivity contribution is 7.15. The number of nitrogens with zero attached hydrogens (tertiary/aromatic N) is 1. The van der Waals surface area contributed by atoms with Crippen molar-refractivity contribution in [1.82, 2.24) is 10.3 Å². The molecule has 0 aromatic carbocycles. The first-order valence-electron chi connectivity index (χ1n) is 11.5. The fourth-order valence-electron chi connectivity index (χ4n) is 5.82. The monoisotopic (exact) mass is 449 g/mol. The minimum absolute atomic E-state index is 0.0128. The zero-order chi connectivity index (χ0) is 22.6. The molecular weight excluding hydrogens is 414 g/mol. The summed E-state index contributed by atoms with van der Waals surface area (Å²) in [4.78, 5) is 31.0. The van der Waals surface area contributed by atoms with E-state index in [9.17, 15) is 19.8 Å². The summed E-state index contributed by atoms with van der Waals surface area (Å²) in [5.74, 6) is 0.00821. The fraction of sp³-hybridized carbons (Fsp3) is 0.783. The van der Waals surface area contributed by atoms with Gasteiger partial charge in [0.25, 0.3) is 0 Å². The molecule has 0 saturated heterocycles. The molecule has 0 spiro atoms. The zero-order valence-electron chi connectivity index (χ0n) is 18.9. The smallest absolute Gasteiger partial charge is 0.229 e. The van der Waals surface area contributed by atoms with Gasteiger partial charge in [-0.05, 0) is 57.3 Å². The molecular formula is C23H35N3O4S. The van der Waals surface area contributed by atoms with Crippen molar-refractivity contribution in [3.63, 3.8) is 0 Å². The van der Waals surface area contributed by atoms with Crippen LogP contribution in [-0.2, 0) is 16.0 Å². The van der Waals surface area contributed by atoms with E-state index < -0.39 is 11.5 Å². The van der Waals surface area contributed by atoms with E-state index in [1.807, 2.05) is 20.8 Å². The second kappa shape index (κ2) is 8.12. The molecule has 1 aromatic heterocycles. The van der Waals surface area contributed by atoms with Gasteiger partial charge >= 0.3 is 0 Å². The van der Waals surface area contributed by atoms with E-state index in [2.05, 4.69) is 17.6 Å². The van der Waals surface area contributed by atoms with Crippen molar-refractivity contribution in [3.05, 3.63) is 10.6 Å². The van der Waals surface area contributed by atoms with Gasteiger partial charge in [-0.1, -0.05) is 13.8 Å². The molecule has 1 aromatic rings. The quantitative estimate of drug-likeness (QED) is 0.534. The Morgan fingerprint density at radius 3 is 2.58 bits per heavy atom. The summed E-state index contributed by atoms with van der Waals surface area (Å²) >= 11 is 1.48. The largest absolute Gasteiger partial charge is 0.396 e. The first-order chi connectivity index (χ1) is 14.6. The first-order valence-corrected chi connectivity index (χ1v) is 12.3. The van der Waals surface area contributed by atoms with Crippen LogP contribution in [0, 0.1) is 22.7 Å². The SMILES string of the molecule is CC(C)NC(=O)CC1c2nc(NC(=O)C3CC3)sc2CC2C(C)(CO)C(O)CCC12C. The van der Waals surface area contributed by atoms with Gasteiger partial charge in [0.1, 0.15) is 0 Å². The van der Waals surface area contributed by atoms with Gasteiger partial charge in [0.15, 0.2) is 5.13 Å². The van der Waals surface area contributed by atoms with Gasteiger partial charge in [0, 0.05) is 34.6 Å². The van der Waals surface area contributed by atoms with Crippen LogP contribution >= 0.6 is 11.3 Å². The number of carbonyl (C=O) groups is 2. The van der Waals surface area contributed by atoms with Crippen LogP contribution in [0.5, 0.6) is 0 Å². The van der Waals surface area contributed by atoms with Crippen molar-refractivity contribution >= 4 is 28.3 Å². The summed E-state index contributed by atoms with van der Waals surface area (Å²) in [6.45, 7) is 7.95. The van der Waals surface area contributed by atoms with Crippen LogP contribution in [0.3, 0.4) is 0 Å². The molecule has 2 fully saturated rings. The fourth-order valence-corrected chi connectivity index (χ4v) is 6.89. The van der Waals surface area contributed by atoms with Gasteiger partial charge in [-0.15, -0.1) is 11.3 Å². The van der Waals surface area contributed by atoms with Gasteiger partial charge in [-0.25, -0.2) is 4.98 Å². The summed E-state index contributed by atoms with van der Waals surface area (Å²) in [6.07, 6.45) is 3.66. The Kier molecular flexibility index (Phi) is 5.94. The molecule has 5 atom stereocenters. The maximum atomic E-state index is 12.8. The van der Waals surface area contributed by atoms with E-state index in [1.54, 1.807) is 0 Å². The van der Waals surface area contributed by atoms with Crippen molar-refractivity contribution in [2.45, 2.75) is 84.3 Å². The number of amides is 2. The molecule has 3 aliphatic carbocycles. The molecule has 2 amide bonds. The third kappa shape index (κ3) is 4.02. The third-order valence-corrected chi connectivity index (χ3v) is 8.92. The number of hydrogen-bond acceptors (Lipinski definition) is 6. The number of rotatable bonds is 6. The molecule has 4 N–H and O–H groups in total. The molecule has 5 unspecified atom stereocenters. The molecule has 31 heavy (non-hydrogen) atoms. The van der Waals surface area contributed by atoms with Crippen molar-refractivity contribution in [1.29, 1.82) is 0 Å². The summed E-state index contributed by atoms with van der Waals surface area (Å²) in [5.41, 5.74) is -0.00613. The van der Waals surface area contributed by atoms with Crippen molar-refractivity contribution in [2.75, 3.05) is 11.9 Å². The lowest BCUT2D eigenvalue weighted by Crippen LogP contribution is -2.57. The molecule has 1 heterocycles. The first kappa shape index (κ1) is 22.7. The average molecular weight is 450 g/mol. The van der Waals surface area contributed by atoms with Gasteiger partial charge in [-0.2, -0.15) is 0 Å². The molecule has 0 bridgehead atoms. The van der Waals surface area contributed by atoms with E-state index in [0.717, 1.165) is 29.8 Å². The van der Waals surface area contributed by atoms with Crippen LogP contribution in [-0.4, -0.2) is 45.8 Å². The predicted octanol–water partition coefficient (Wildman–Crippen LogP) is 2.82. The Morgan fingerprint density at radius 2 is 1.97 bits per heavy atom. The number of nitrogens with one attached hydrogen (secondary N) is 2. The molecule has 7 nitrogen and oxygen atoms in total. The maximum absolute atomic E-state index is 12.8. The predicted molar refractivity (Wildman–Crippen MR) is 120 cm³/mol. The van der Waals surface area contributed by atoms with Crippen LogP contribution in [0.25, 0.3) is 0 Å². The van der Waals surface area contributed by atoms with E-state index in [-0.39, 0.29) is 47.6 Å². The van der Waals surface area contributed by atoms with Gasteiger partial charge in [0.05, 0.1) is 18.4 Å².